The number of amides is 1. The first-order valence-electron chi connectivity index (χ1n) is 7.44. The molecule has 110 valence electrons. The van der Waals surface area contributed by atoms with Crippen molar-refractivity contribution in [3.8, 4) is 0 Å². The van der Waals surface area contributed by atoms with Gasteiger partial charge >= 0.3 is 0 Å². The molecule has 0 radical (unpaired) electrons. The molecule has 3 aromatic rings. The summed E-state index contributed by atoms with van der Waals surface area (Å²) in [6.07, 6.45) is 8.84. The average Bonchev–Trinajstić information content (AvgIpc) is 3.02. The highest BCUT2D eigenvalue weighted by Gasteiger charge is 2.25. The van der Waals surface area contributed by atoms with Crippen molar-refractivity contribution in [2.45, 2.75) is 19.4 Å². The SMILES string of the molecule is O=C(Nc1cccc2cnccc12)C1CCn2cncc2C1. The molecule has 1 aromatic carbocycles. The van der Waals surface area contributed by atoms with Crippen LogP contribution in [0.1, 0.15) is 12.1 Å². The van der Waals surface area contributed by atoms with Crippen LogP contribution in [0, 0.1) is 5.92 Å². The molecule has 22 heavy (non-hydrogen) atoms. The molecule has 1 aliphatic rings. The van der Waals surface area contributed by atoms with E-state index in [1.807, 2.05) is 43.0 Å². The van der Waals surface area contributed by atoms with Gasteiger partial charge in [-0.15, -0.1) is 0 Å². The number of anilines is 1. The lowest BCUT2D eigenvalue weighted by Crippen LogP contribution is -2.29. The van der Waals surface area contributed by atoms with Crippen LogP contribution in [0.15, 0.2) is 49.2 Å². The first kappa shape index (κ1) is 13.0. The van der Waals surface area contributed by atoms with Crippen molar-refractivity contribution in [3.63, 3.8) is 0 Å². The van der Waals surface area contributed by atoms with Gasteiger partial charge in [0.2, 0.25) is 5.91 Å². The lowest BCUT2D eigenvalue weighted by Gasteiger charge is -2.23. The minimum Gasteiger partial charge on any atom is -0.335 e. The Morgan fingerprint density at radius 2 is 2.18 bits per heavy atom. The van der Waals surface area contributed by atoms with Crippen LogP contribution < -0.4 is 5.32 Å². The smallest absolute Gasteiger partial charge is 0.227 e. The Bertz CT molecular complexity index is 834. The van der Waals surface area contributed by atoms with Crippen molar-refractivity contribution >= 4 is 22.4 Å². The Morgan fingerprint density at radius 3 is 3.14 bits per heavy atom. The van der Waals surface area contributed by atoms with Gasteiger partial charge in [-0.2, -0.15) is 0 Å². The molecule has 1 N–H and O–H groups in total. The van der Waals surface area contributed by atoms with Crippen LogP contribution in [0.5, 0.6) is 0 Å². The monoisotopic (exact) mass is 292 g/mol. The first-order chi connectivity index (χ1) is 10.8. The van der Waals surface area contributed by atoms with E-state index in [9.17, 15) is 4.79 Å². The van der Waals surface area contributed by atoms with Gasteiger partial charge in [0.1, 0.15) is 0 Å². The molecule has 0 bridgehead atoms. The zero-order valence-corrected chi connectivity index (χ0v) is 12.1. The Morgan fingerprint density at radius 1 is 1.23 bits per heavy atom. The third-order valence-electron chi connectivity index (χ3n) is 4.28. The highest BCUT2D eigenvalue weighted by Crippen LogP contribution is 2.25. The van der Waals surface area contributed by atoms with Crippen molar-refractivity contribution in [1.82, 2.24) is 14.5 Å². The summed E-state index contributed by atoms with van der Waals surface area (Å²) in [4.78, 5) is 20.9. The van der Waals surface area contributed by atoms with E-state index in [2.05, 4.69) is 19.9 Å². The van der Waals surface area contributed by atoms with Crippen molar-refractivity contribution in [1.29, 1.82) is 0 Å². The van der Waals surface area contributed by atoms with Gasteiger partial charge in [-0.1, -0.05) is 12.1 Å². The van der Waals surface area contributed by atoms with E-state index < -0.39 is 0 Å². The lowest BCUT2D eigenvalue weighted by molar-refractivity contribution is -0.120. The average molecular weight is 292 g/mol. The van der Waals surface area contributed by atoms with Gasteiger partial charge < -0.3 is 9.88 Å². The molecule has 1 amide bonds. The lowest BCUT2D eigenvalue weighted by atomic mass is 9.95. The first-order valence-corrected chi connectivity index (χ1v) is 7.44. The molecule has 5 nitrogen and oxygen atoms in total. The van der Waals surface area contributed by atoms with Crippen molar-refractivity contribution in [2.24, 2.45) is 5.92 Å². The largest absolute Gasteiger partial charge is 0.335 e. The summed E-state index contributed by atoms with van der Waals surface area (Å²) >= 11 is 0. The molecule has 0 fully saturated rings. The predicted molar refractivity (Wildman–Crippen MR) is 84.4 cm³/mol. The number of nitrogens with one attached hydrogen (secondary N) is 1. The third kappa shape index (κ3) is 2.24. The minimum atomic E-state index is 0.00120. The summed E-state index contributed by atoms with van der Waals surface area (Å²) in [6.45, 7) is 0.854. The Hall–Kier alpha value is -2.69. The van der Waals surface area contributed by atoms with E-state index in [0.29, 0.717) is 0 Å². The van der Waals surface area contributed by atoms with Crippen LogP contribution in [0.25, 0.3) is 10.8 Å². The number of imidazole rings is 1. The molecule has 1 aliphatic heterocycles. The van der Waals surface area contributed by atoms with E-state index in [0.717, 1.165) is 41.5 Å². The summed E-state index contributed by atoms with van der Waals surface area (Å²) in [7, 11) is 0. The van der Waals surface area contributed by atoms with Crippen LogP contribution in [0.3, 0.4) is 0 Å². The number of aromatic nitrogens is 3. The number of carbonyl (C=O) groups excluding carboxylic acids is 1. The quantitative estimate of drug-likeness (QED) is 0.790. The number of rotatable bonds is 2. The number of hydrogen-bond acceptors (Lipinski definition) is 3. The van der Waals surface area contributed by atoms with E-state index in [1.165, 1.54) is 0 Å². The van der Waals surface area contributed by atoms with E-state index in [1.54, 1.807) is 6.20 Å². The van der Waals surface area contributed by atoms with Gasteiger partial charge in [-0.05, 0) is 18.6 Å². The maximum atomic E-state index is 12.6. The number of aryl methyl sites for hydroxylation is 1. The molecule has 0 saturated heterocycles. The molecule has 1 atom stereocenters. The molecule has 1 unspecified atom stereocenters. The molecule has 4 rings (SSSR count). The Balaban J connectivity index is 1.57. The number of fused-ring (bicyclic) bond motifs is 2. The summed E-state index contributed by atoms with van der Waals surface area (Å²) in [6, 6.07) is 7.81. The van der Waals surface area contributed by atoms with E-state index in [4.69, 9.17) is 0 Å². The summed E-state index contributed by atoms with van der Waals surface area (Å²) in [5.41, 5.74) is 1.98. The van der Waals surface area contributed by atoms with Gasteiger partial charge in [0.15, 0.2) is 0 Å². The highest BCUT2D eigenvalue weighted by molar-refractivity contribution is 6.02. The number of nitrogens with zero attached hydrogens (tertiary/aromatic N) is 3. The third-order valence-corrected chi connectivity index (χ3v) is 4.28. The number of pyridine rings is 1. The summed E-state index contributed by atoms with van der Waals surface area (Å²) < 4.78 is 2.12. The second kappa shape index (κ2) is 5.26. The highest BCUT2D eigenvalue weighted by atomic mass is 16.1. The van der Waals surface area contributed by atoms with Gasteiger partial charge in [0, 0.05) is 59.6 Å². The topological polar surface area (TPSA) is 59.8 Å². The van der Waals surface area contributed by atoms with Gasteiger partial charge in [-0.3, -0.25) is 9.78 Å². The fourth-order valence-electron chi connectivity index (χ4n) is 3.06. The van der Waals surface area contributed by atoms with Crippen LogP contribution in [-0.2, 0) is 17.8 Å². The van der Waals surface area contributed by atoms with Crippen LogP contribution >= 0.6 is 0 Å². The maximum Gasteiger partial charge on any atom is 0.227 e. The van der Waals surface area contributed by atoms with Crippen LogP contribution in [0.4, 0.5) is 5.69 Å². The molecule has 0 saturated carbocycles. The second-order valence-corrected chi connectivity index (χ2v) is 5.66. The molecular formula is C17H16N4O. The zero-order valence-electron chi connectivity index (χ0n) is 12.1. The maximum absolute atomic E-state index is 12.6. The fraction of sp³-hybridized carbons (Fsp3) is 0.235. The second-order valence-electron chi connectivity index (χ2n) is 5.66. The molecule has 5 heteroatoms. The normalized spacial score (nSPS) is 17.2. The molecule has 0 spiro atoms. The number of benzene rings is 1. The summed E-state index contributed by atoms with van der Waals surface area (Å²) in [5, 5.41) is 5.13. The summed E-state index contributed by atoms with van der Waals surface area (Å²) in [5.74, 6) is 0.0815. The standard InChI is InChI=1S/C17H16N4O/c22-17(12-5-7-21-11-19-10-14(21)8-12)20-16-3-1-2-13-9-18-6-4-15(13)16/h1-4,6,9-12H,5,7-8H2,(H,20,22). The van der Waals surface area contributed by atoms with Gasteiger partial charge in [-0.25, -0.2) is 4.98 Å². The fourth-order valence-corrected chi connectivity index (χ4v) is 3.06. The zero-order chi connectivity index (χ0) is 14.9. The Kier molecular flexibility index (Phi) is 3.11. The number of carbonyl (C=O) groups is 1. The predicted octanol–water partition coefficient (Wildman–Crippen LogP) is 2.63. The van der Waals surface area contributed by atoms with Crippen molar-refractivity contribution in [2.75, 3.05) is 5.32 Å². The minimum absolute atomic E-state index is 0.00120. The molecule has 3 heterocycles. The van der Waals surface area contributed by atoms with Crippen molar-refractivity contribution < 1.29 is 4.79 Å². The molecular weight excluding hydrogens is 276 g/mol. The molecule has 0 aliphatic carbocycles. The van der Waals surface area contributed by atoms with Gasteiger partial charge in [0.05, 0.1) is 6.33 Å². The van der Waals surface area contributed by atoms with Crippen molar-refractivity contribution in [3.05, 3.63) is 54.9 Å². The molecule has 2 aromatic heterocycles. The number of hydrogen-bond donors (Lipinski definition) is 1. The van der Waals surface area contributed by atoms with Crippen LogP contribution in [0.2, 0.25) is 0 Å². The van der Waals surface area contributed by atoms with Gasteiger partial charge in [0.25, 0.3) is 0 Å². The van der Waals surface area contributed by atoms with Crippen LogP contribution in [-0.4, -0.2) is 20.4 Å². The Labute approximate surface area is 128 Å². The van der Waals surface area contributed by atoms with E-state index >= 15 is 0 Å². The van der Waals surface area contributed by atoms with E-state index in [-0.39, 0.29) is 11.8 Å².